The molecule has 0 heterocycles. The van der Waals surface area contributed by atoms with Gasteiger partial charge in [-0.25, -0.2) is 0 Å². The lowest BCUT2D eigenvalue weighted by Gasteiger charge is -2.05. The molecule has 0 aromatic rings. The lowest BCUT2D eigenvalue weighted by atomic mass is 10.1. The first-order valence-corrected chi connectivity index (χ1v) is 4.69. The monoisotopic (exact) mass is 171 g/mol. The third kappa shape index (κ3) is 9.50. The average molecular weight is 171 g/mol. The van der Waals surface area contributed by atoms with Crippen LogP contribution in [0.3, 0.4) is 0 Å². The van der Waals surface area contributed by atoms with E-state index in [9.17, 15) is 0 Å². The van der Waals surface area contributed by atoms with E-state index in [-0.39, 0.29) is 0 Å². The van der Waals surface area contributed by atoms with E-state index < -0.39 is 0 Å². The van der Waals surface area contributed by atoms with Gasteiger partial charge < -0.3 is 10.1 Å². The number of ether oxygens (including phenoxy) is 1. The summed E-state index contributed by atoms with van der Waals surface area (Å²) in [7, 11) is 0. The van der Waals surface area contributed by atoms with Gasteiger partial charge >= 0.3 is 0 Å². The molecule has 0 aliphatic heterocycles. The van der Waals surface area contributed by atoms with Crippen LogP contribution in [0.4, 0.5) is 0 Å². The van der Waals surface area contributed by atoms with Gasteiger partial charge in [0.25, 0.3) is 0 Å². The highest BCUT2D eigenvalue weighted by molar-refractivity contribution is 4.61. The van der Waals surface area contributed by atoms with Crippen molar-refractivity contribution < 1.29 is 4.74 Å². The summed E-state index contributed by atoms with van der Waals surface area (Å²) in [5.74, 6) is 0.792. The molecule has 0 saturated carbocycles. The lowest BCUT2D eigenvalue weighted by Crippen LogP contribution is -2.13. The van der Waals surface area contributed by atoms with Crippen molar-refractivity contribution in [2.24, 2.45) is 5.92 Å². The molecule has 1 N–H and O–H groups in total. The SMILES string of the molecule is C=CNCCOCCCC(C)C. The van der Waals surface area contributed by atoms with Crippen molar-refractivity contribution in [2.45, 2.75) is 26.7 Å². The highest BCUT2D eigenvalue weighted by Crippen LogP contribution is 2.02. The molecule has 0 saturated heterocycles. The molecule has 0 atom stereocenters. The van der Waals surface area contributed by atoms with E-state index in [2.05, 4.69) is 25.7 Å². The van der Waals surface area contributed by atoms with Crippen LogP contribution in [0.2, 0.25) is 0 Å². The third-order valence-electron chi connectivity index (χ3n) is 1.61. The lowest BCUT2D eigenvalue weighted by molar-refractivity contribution is 0.131. The highest BCUT2D eigenvalue weighted by atomic mass is 16.5. The zero-order valence-electron chi connectivity index (χ0n) is 8.31. The predicted octanol–water partition coefficient (Wildman–Crippen LogP) is 2.17. The van der Waals surface area contributed by atoms with E-state index in [1.807, 2.05) is 0 Å². The molecule has 0 unspecified atom stereocenters. The molecule has 2 nitrogen and oxygen atoms in total. The molecule has 0 rings (SSSR count). The molecule has 0 aromatic heterocycles. The number of rotatable bonds is 8. The Balaban J connectivity index is 2.86. The Bertz CT molecular complexity index is 102. The van der Waals surface area contributed by atoms with Crippen LogP contribution < -0.4 is 5.32 Å². The Kier molecular flexibility index (Phi) is 8.24. The molecule has 0 aromatic carbocycles. The fraction of sp³-hybridized carbons (Fsp3) is 0.800. The van der Waals surface area contributed by atoms with Gasteiger partial charge in [-0.15, -0.1) is 0 Å². The predicted molar refractivity (Wildman–Crippen MR) is 53.1 cm³/mol. The summed E-state index contributed by atoms with van der Waals surface area (Å²) >= 11 is 0. The zero-order chi connectivity index (χ0) is 9.23. The van der Waals surface area contributed by atoms with Crippen LogP contribution in [0.1, 0.15) is 26.7 Å². The summed E-state index contributed by atoms with van der Waals surface area (Å²) < 4.78 is 5.38. The van der Waals surface area contributed by atoms with Crippen LogP contribution in [0.25, 0.3) is 0 Å². The van der Waals surface area contributed by atoms with Gasteiger partial charge in [0.2, 0.25) is 0 Å². The molecule has 0 bridgehead atoms. The second kappa shape index (κ2) is 8.60. The summed E-state index contributed by atoms with van der Waals surface area (Å²) in [6.07, 6.45) is 4.12. The summed E-state index contributed by atoms with van der Waals surface area (Å²) in [5.41, 5.74) is 0. The van der Waals surface area contributed by atoms with Crippen LogP contribution in [0.15, 0.2) is 12.8 Å². The van der Waals surface area contributed by atoms with Crippen molar-refractivity contribution in [3.8, 4) is 0 Å². The van der Waals surface area contributed by atoms with Gasteiger partial charge in [-0.05, 0) is 25.0 Å². The fourth-order valence-electron chi connectivity index (χ4n) is 0.929. The van der Waals surface area contributed by atoms with E-state index in [1.54, 1.807) is 6.20 Å². The molecule has 0 aliphatic rings. The first-order chi connectivity index (χ1) is 5.77. The Morgan fingerprint density at radius 2 is 2.17 bits per heavy atom. The number of nitrogens with one attached hydrogen (secondary N) is 1. The Morgan fingerprint density at radius 1 is 1.42 bits per heavy atom. The van der Waals surface area contributed by atoms with E-state index in [4.69, 9.17) is 4.74 Å². The standard InChI is InChI=1S/C10H21NO/c1-4-11-7-9-12-8-5-6-10(2)3/h4,10-11H,1,5-9H2,2-3H3. The van der Waals surface area contributed by atoms with Crippen LogP contribution in [0, 0.1) is 5.92 Å². The van der Waals surface area contributed by atoms with E-state index >= 15 is 0 Å². The topological polar surface area (TPSA) is 21.3 Å². The van der Waals surface area contributed by atoms with Gasteiger partial charge in [-0.2, -0.15) is 0 Å². The molecule has 0 aliphatic carbocycles. The highest BCUT2D eigenvalue weighted by Gasteiger charge is 1.93. The minimum absolute atomic E-state index is 0.782. The minimum atomic E-state index is 0.782. The van der Waals surface area contributed by atoms with Crippen LogP contribution in [-0.4, -0.2) is 19.8 Å². The Hall–Kier alpha value is -0.500. The van der Waals surface area contributed by atoms with Crippen molar-refractivity contribution >= 4 is 0 Å². The van der Waals surface area contributed by atoms with Gasteiger partial charge in [0.15, 0.2) is 0 Å². The maximum atomic E-state index is 5.38. The first kappa shape index (κ1) is 11.5. The number of hydrogen-bond acceptors (Lipinski definition) is 2. The Labute approximate surface area is 76.0 Å². The van der Waals surface area contributed by atoms with Crippen LogP contribution >= 0.6 is 0 Å². The third-order valence-corrected chi connectivity index (χ3v) is 1.61. The second-order valence-electron chi connectivity index (χ2n) is 3.31. The Morgan fingerprint density at radius 3 is 2.75 bits per heavy atom. The molecule has 0 amide bonds. The molecular weight excluding hydrogens is 150 g/mol. The van der Waals surface area contributed by atoms with E-state index in [1.165, 1.54) is 12.8 Å². The first-order valence-electron chi connectivity index (χ1n) is 4.69. The van der Waals surface area contributed by atoms with Crippen LogP contribution in [0.5, 0.6) is 0 Å². The van der Waals surface area contributed by atoms with Crippen molar-refractivity contribution in [1.29, 1.82) is 0 Å². The fourth-order valence-corrected chi connectivity index (χ4v) is 0.929. The average Bonchev–Trinajstić information content (AvgIpc) is 2.02. The van der Waals surface area contributed by atoms with Gasteiger partial charge in [0.05, 0.1) is 6.61 Å². The van der Waals surface area contributed by atoms with Crippen molar-refractivity contribution in [3.63, 3.8) is 0 Å². The minimum Gasteiger partial charge on any atom is -0.389 e. The number of hydrogen-bond donors (Lipinski definition) is 1. The van der Waals surface area contributed by atoms with Crippen molar-refractivity contribution in [1.82, 2.24) is 5.32 Å². The normalized spacial score (nSPS) is 10.2. The van der Waals surface area contributed by atoms with Gasteiger partial charge in [-0.3, -0.25) is 0 Å². The molecule has 0 radical (unpaired) electrons. The van der Waals surface area contributed by atoms with Gasteiger partial charge in [0.1, 0.15) is 0 Å². The van der Waals surface area contributed by atoms with Crippen LogP contribution in [-0.2, 0) is 4.74 Å². The summed E-state index contributed by atoms with van der Waals surface area (Å²) in [6.45, 7) is 10.6. The molecule has 72 valence electrons. The van der Waals surface area contributed by atoms with Crippen molar-refractivity contribution in [2.75, 3.05) is 19.8 Å². The van der Waals surface area contributed by atoms with Crippen molar-refractivity contribution in [3.05, 3.63) is 12.8 Å². The summed E-state index contributed by atoms with van der Waals surface area (Å²) in [5, 5.41) is 2.99. The molecule has 0 spiro atoms. The second-order valence-corrected chi connectivity index (χ2v) is 3.31. The van der Waals surface area contributed by atoms with Gasteiger partial charge in [-0.1, -0.05) is 20.4 Å². The molecular formula is C10H21NO. The van der Waals surface area contributed by atoms with E-state index in [0.717, 1.165) is 25.7 Å². The largest absolute Gasteiger partial charge is 0.389 e. The zero-order valence-corrected chi connectivity index (χ0v) is 8.31. The molecule has 12 heavy (non-hydrogen) atoms. The molecule has 0 fully saturated rings. The summed E-state index contributed by atoms with van der Waals surface area (Å²) in [6, 6.07) is 0. The molecule has 2 heteroatoms. The quantitative estimate of drug-likeness (QED) is 0.565. The summed E-state index contributed by atoms with van der Waals surface area (Å²) in [4.78, 5) is 0. The van der Waals surface area contributed by atoms with Gasteiger partial charge in [0, 0.05) is 13.2 Å². The maximum absolute atomic E-state index is 5.38. The smallest absolute Gasteiger partial charge is 0.0638 e. The maximum Gasteiger partial charge on any atom is 0.0638 e. The van der Waals surface area contributed by atoms with E-state index in [0.29, 0.717) is 0 Å².